The van der Waals surface area contributed by atoms with Gasteiger partial charge in [-0.25, -0.2) is 0 Å². The summed E-state index contributed by atoms with van der Waals surface area (Å²) in [5, 5.41) is 2.98. The molecule has 0 atom stereocenters. The van der Waals surface area contributed by atoms with Crippen LogP contribution in [0.4, 0.5) is 5.69 Å². The summed E-state index contributed by atoms with van der Waals surface area (Å²) < 4.78 is 10.8. The number of nitrogens with zero attached hydrogens (tertiary/aromatic N) is 1. The SMILES string of the molecule is CC(C)(CNC(=O)CCC(=O)N1CCSc2ccccc21)c1ccc2c(c1)OCO2. The predicted molar refractivity (Wildman–Crippen MR) is 117 cm³/mol. The summed E-state index contributed by atoms with van der Waals surface area (Å²) in [5.41, 5.74) is 1.73. The molecule has 2 aliphatic heterocycles. The lowest BCUT2D eigenvalue weighted by molar-refractivity contribution is -0.125. The van der Waals surface area contributed by atoms with Crippen molar-refractivity contribution in [3.63, 3.8) is 0 Å². The summed E-state index contributed by atoms with van der Waals surface area (Å²) >= 11 is 1.76. The number of anilines is 1. The smallest absolute Gasteiger partial charge is 0.231 e. The molecule has 2 aromatic carbocycles. The monoisotopic (exact) mass is 426 g/mol. The Kier molecular flexibility index (Phi) is 5.90. The first kappa shape index (κ1) is 20.6. The second kappa shape index (κ2) is 8.60. The standard InChI is InChI=1S/C23H26N2O4S/c1-23(2,16-7-8-18-19(13-16)29-15-28-18)14-24-21(26)9-10-22(27)25-11-12-30-20-6-4-3-5-17(20)25/h3-8,13H,9-12,14-15H2,1-2H3,(H,24,26). The van der Waals surface area contributed by atoms with Gasteiger partial charge in [-0.1, -0.05) is 32.0 Å². The fourth-order valence-corrected chi connectivity index (χ4v) is 4.61. The number of hydrogen-bond donors (Lipinski definition) is 1. The van der Waals surface area contributed by atoms with E-state index in [1.807, 2.05) is 42.5 Å². The fraction of sp³-hybridized carbons (Fsp3) is 0.391. The van der Waals surface area contributed by atoms with Gasteiger partial charge in [-0.05, 0) is 29.8 Å². The minimum absolute atomic E-state index is 0.00655. The van der Waals surface area contributed by atoms with Crippen molar-refractivity contribution in [3.05, 3.63) is 48.0 Å². The van der Waals surface area contributed by atoms with Crippen LogP contribution in [-0.4, -0.2) is 37.4 Å². The van der Waals surface area contributed by atoms with Crippen molar-refractivity contribution >= 4 is 29.3 Å². The van der Waals surface area contributed by atoms with E-state index >= 15 is 0 Å². The third kappa shape index (κ3) is 4.41. The van der Waals surface area contributed by atoms with Crippen LogP contribution in [0.15, 0.2) is 47.4 Å². The van der Waals surface area contributed by atoms with Crippen LogP contribution in [0.1, 0.15) is 32.3 Å². The van der Waals surface area contributed by atoms with Gasteiger partial charge in [-0.15, -0.1) is 11.8 Å². The van der Waals surface area contributed by atoms with Crippen LogP contribution in [0.2, 0.25) is 0 Å². The highest BCUT2D eigenvalue weighted by Gasteiger charge is 2.26. The molecule has 0 saturated heterocycles. The highest BCUT2D eigenvalue weighted by Crippen LogP contribution is 2.36. The van der Waals surface area contributed by atoms with Gasteiger partial charge >= 0.3 is 0 Å². The van der Waals surface area contributed by atoms with Crippen molar-refractivity contribution in [2.45, 2.75) is 37.0 Å². The molecule has 2 aliphatic rings. The lowest BCUT2D eigenvalue weighted by Gasteiger charge is -2.29. The zero-order chi connectivity index (χ0) is 21.1. The Morgan fingerprint density at radius 2 is 1.90 bits per heavy atom. The molecule has 2 heterocycles. The van der Waals surface area contributed by atoms with Crippen LogP contribution in [0, 0.1) is 0 Å². The van der Waals surface area contributed by atoms with E-state index in [0.29, 0.717) is 13.1 Å². The van der Waals surface area contributed by atoms with E-state index in [9.17, 15) is 9.59 Å². The Morgan fingerprint density at radius 1 is 1.10 bits per heavy atom. The first-order valence-corrected chi connectivity index (χ1v) is 11.1. The van der Waals surface area contributed by atoms with E-state index in [1.165, 1.54) is 0 Å². The molecule has 0 radical (unpaired) electrons. The van der Waals surface area contributed by atoms with Crippen LogP contribution in [-0.2, 0) is 15.0 Å². The largest absolute Gasteiger partial charge is 0.454 e. The number of para-hydroxylation sites is 1. The molecule has 30 heavy (non-hydrogen) atoms. The van der Waals surface area contributed by atoms with Crippen molar-refractivity contribution in [1.82, 2.24) is 5.32 Å². The summed E-state index contributed by atoms with van der Waals surface area (Å²) in [7, 11) is 0. The van der Waals surface area contributed by atoms with Gasteiger partial charge in [0.05, 0.1) is 5.69 Å². The number of benzene rings is 2. The van der Waals surface area contributed by atoms with Crippen molar-refractivity contribution in [2.24, 2.45) is 0 Å². The molecule has 2 aromatic rings. The molecule has 0 spiro atoms. The van der Waals surface area contributed by atoms with E-state index < -0.39 is 0 Å². The topological polar surface area (TPSA) is 67.9 Å². The molecule has 7 heteroatoms. The second-order valence-corrected chi connectivity index (χ2v) is 9.23. The molecule has 1 N–H and O–H groups in total. The van der Waals surface area contributed by atoms with E-state index in [2.05, 4.69) is 19.2 Å². The number of fused-ring (bicyclic) bond motifs is 2. The van der Waals surface area contributed by atoms with Gasteiger partial charge in [-0.2, -0.15) is 0 Å². The molecule has 0 unspecified atom stereocenters. The maximum absolute atomic E-state index is 12.7. The molecular weight excluding hydrogens is 400 g/mol. The van der Waals surface area contributed by atoms with E-state index in [0.717, 1.165) is 33.4 Å². The Balaban J connectivity index is 1.29. The molecular formula is C23H26N2O4S. The van der Waals surface area contributed by atoms with Gasteiger partial charge in [0.15, 0.2) is 11.5 Å². The Hall–Kier alpha value is -2.67. The van der Waals surface area contributed by atoms with E-state index in [4.69, 9.17) is 9.47 Å². The molecule has 0 aromatic heterocycles. The average Bonchev–Trinajstić information content (AvgIpc) is 3.23. The number of carbonyl (C=O) groups is 2. The Labute approximate surface area is 180 Å². The number of nitrogens with one attached hydrogen (secondary N) is 1. The van der Waals surface area contributed by atoms with Crippen molar-refractivity contribution in [1.29, 1.82) is 0 Å². The Bertz CT molecular complexity index is 960. The molecule has 6 nitrogen and oxygen atoms in total. The van der Waals surface area contributed by atoms with Crippen molar-refractivity contribution in [3.8, 4) is 11.5 Å². The summed E-state index contributed by atoms with van der Waals surface area (Å²) in [4.78, 5) is 28.0. The highest BCUT2D eigenvalue weighted by molar-refractivity contribution is 7.99. The number of rotatable bonds is 6. The van der Waals surface area contributed by atoms with Crippen molar-refractivity contribution < 1.29 is 19.1 Å². The van der Waals surface area contributed by atoms with Crippen LogP contribution < -0.4 is 19.7 Å². The van der Waals surface area contributed by atoms with Gasteiger partial charge in [0.25, 0.3) is 0 Å². The van der Waals surface area contributed by atoms with Crippen LogP contribution in [0.3, 0.4) is 0 Å². The summed E-state index contributed by atoms with van der Waals surface area (Å²) in [6.45, 7) is 5.53. The minimum atomic E-state index is -0.274. The first-order chi connectivity index (χ1) is 14.4. The maximum Gasteiger partial charge on any atom is 0.231 e. The summed E-state index contributed by atoms with van der Waals surface area (Å²) in [6, 6.07) is 13.8. The lowest BCUT2D eigenvalue weighted by atomic mass is 9.84. The summed E-state index contributed by atoms with van der Waals surface area (Å²) in [5.74, 6) is 2.23. The predicted octanol–water partition coefficient (Wildman–Crippen LogP) is 3.73. The van der Waals surface area contributed by atoms with E-state index in [-0.39, 0.29) is 36.9 Å². The Morgan fingerprint density at radius 3 is 2.77 bits per heavy atom. The first-order valence-electron chi connectivity index (χ1n) is 10.1. The normalized spacial score (nSPS) is 14.9. The molecule has 0 fully saturated rings. The average molecular weight is 427 g/mol. The number of amides is 2. The quantitative estimate of drug-likeness (QED) is 0.762. The highest BCUT2D eigenvalue weighted by atomic mass is 32.2. The summed E-state index contributed by atoms with van der Waals surface area (Å²) in [6.07, 6.45) is 0.386. The van der Waals surface area contributed by atoms with E-state index in [1.54, 1.807) is 16.7 Å². The molecule has 2 amide bonds. The van der Waals surface area contributed by atoms with Gasteiger partial charge in [0, 0.05) is 42.0 Å². The van der Waals surface area contributed by atoms with Gasteiger partial charge in [0.2, 0.25) is 18.6 Å². The second-order valence-electron chi connectivity index (χ2n) is 8.09. The van der Waals surface area contributed by atoms with Gasteiger partial charge in [0.1, 0.15) is 0 Å². The zero-order valence-electron chi connectivity index (χ0n) is 17.3. The lowest BCUT2D eigenvalue weighted by Crippen LogP contribution is -2.38. The van der Waals surface area contributed by atoms with Crippen LogP contribution in [0.25, 0.3) is 0 Å². The fourth-order valence-electron chi connectivity index (χ4n) is 3.61. The van der Waals surface area contributed by atoms with Crippen LogP contribution >= 0.6 is 11.8 Å². The third-order valence-electron chi connectivity index (χ3n) is 5.48. The van der Waals surface area contributed by atoms with Gasteiger partial charge in [-0.3, -0.25) is 9.59 Å². The van der Waals surface area contributed by atoms with Gasteiger partial charge < -0.3 is 19.7 Å². The number of hydrogen-bond acceptors (Lipinski definition) is 5. The third-order valence-corrected chi connectivity index (χ3v) is 6.52. The van der Waals surface area contributed by atoms with Crippen LogP contribution in [0.5, 0.6) is 11.5 Å². The minimum Gasteiger partial charge on any atom is -0.454 e. The molecule has 158 valence electrons. The number of carbonyl (C=O) groups excluding carboxylic acids is 2. The molecule has 0 bridgehead atoms. The molecule has 0 saturated carbocycles. The van der Waals surface area contributed by atoms with Crippen molar-refractivity contribution in [2.75, 3.05) is 30.5 Å². The maximum atomic E-state index is 12.7. The number of thioether (sulfide) groups is 1. The zero-order valence-corrected chi connectivity index (χ0v) is 18.1. The molecule has 4 rings (SSSR count). The number of ether oxygens (including phenoxy) is 2. The molecule has 0 aliphatic carbocycles.